The van der Waals surface area contributed by atoms with E-state index in [9.17, 15) is 4.79 Å². The Morgan fingerprint density at radius 1 is 1.53 bits per heavy atom. The first-order valence-corrected chi connectivity index (χ1v) is 7.07. The van der Waals surface area contributed by atoms with Gasteiger partial charge >= 0.3 is 0 Å². The molecule has 8 heteroatoms. The van der Waals surface area contributed by atoms with Crippen LogP contribution < -0.4 is 5.32 Å². The molecule has 0 atom stereocenters. The van der Waals surface area contributed by atoms with Crippen LogP contribution in [0.3, 0.4) is 0 Å². The van der Waals surface area contributed by atoms with E-state index in [4.69, 9.17) is 0 Å². The zero-order valence-corrected chi connectivity index (χ0v) is 11.5. The van der Waals surface area contributed by atoms with Gasteiger partial charge in [0.2, 0.25) is 5.95 Å². The van der Waals surface area contributed by atoms with Crippen molar-refractivity contribution < 1.29 is 4.79 Å². The highest BCUT2D eigenvalue weighted by molar-refractivity contribution is 7.12. The van der Waals surface area contributed by atoms with E-state index in [1.807, 2.05) is 13.8 Å². The van der Waals surface area contributed by atoms with Gasteiger partial charge in [-0.2, -0.15) is 0 Å². The Hall–Kier alpha value is -1.83. The van der Waals surface area contributed by atoms with Gasteiger partial charge in [0.05, 0.1) is 17.2 Å². The van der Waals surface area contributed by atoms with Crippen LogP contribution in [0.25, 0.3) is 0 Å². The van der Waals surface area contributed by atoms with Gasteiger partial charge < -0.3 is 0 Å². The molecule has 1 N–H and O–H groups in total. The number of amides is 1. The van der Waals surface area contributed by atoms with Crippen LogP contribution in [-0.2, 0) is 0 Å². The number of hydrogen-bond donors (Lipinski definition) is 1. The molecule has 0 bridgehead atoms. The van der Waals surface area contributed by atoms with Gasteiger partial charge in [0.15, 0.2) is 0 Å². The number of tetrazole rings is 1. The van der Waals surface area contributed by atoms with Crippen molar-refractivity contribution in [2.75, 3.05) is 5.32 Å². The van der Waals surface area contributed by atoms with Crippen molar-refractivity contribution in [1.29, 1.82) is 0 Å². The first-order chi connectivity index (χ1) is 9.16. The van der Waals surface area contributed by atoms with E-state index >= 15 is 0 Å². The molecule has 1 saturated carbocycles. The SMILES string of the molecule is CC(C)c1ncsc1C(=O)Nc1nnnn1C1CC1. The summed E-state index contributed by atoms with van der Waals surface area (Å²) in [7, 11) is 0. The molecule has 1 fully saturated rings. The van der Waals surface area contributed by atoms with Gasteiger partial charge in [-0.05, 0) is 29.2 Å². The van der Waals surface area contributed by atoms with Gasteiger partial charge in [-0.15, -0.1) is 11.3 Å². The Morgan fingerprint density at radius 3 is 3.00 bits per heavy atom. The Balaban J connectivity index is 1.80. The largest absolute Gasteiger partial charge is 0.288 e. The molecular weight excluding hydrogens is 264 g/mol. The Kier molecular flexibility index (Phi) is 3.02. The van der Waals surface area contributed by atoms with Gasteiger partial charge in [-0.25, -0.2) is 9.67 Å². The van der Waals surface area contributed by atoms with Crippen LogP contribution in [0.1, 0.15) is 54.0 Å². The van der Waals surface area contributed by atoms with Crippen LogP contribution in [0.5, 0.6) is 0 Å². The minimum absolute atomic E-state index is 0.192. The third-order valence-corrected chi connectivity index (χ3v) is 3.80. The van der Waals surface area contributed by atoms with Crippen LogP contribution in [0.15, 0.2) is 5.51 Å². The van der Waals surface area contributed by atoms with Crippen molar-refractivity contribution in [2.45, 2.75) is 38.6 Å². The number of rotatable bonds is 4. The molecule has 0 radical (unpaired) electrons. The summed E-state index contributed by atoms with van der Waals surface area (Å²) in [5, 5.41) is 14.1. The minimum Gasteiger partial charge on any atom is -0.288 e. The summed E-state index contributed by atoms with van der Waals surface area (Å²) in [6.07, 6.45) is 2.12. The number of nitrogens with zero attached hydrogens (tertiary/aromatic N) is 5. The lowest BCUT2D eigenvalue weighted by Crippen LogP contribution is -2.17. The molecule has 0 unspecified atom stereocenters. The Labute approximate surface area is 114 Å². The molecule has 0 aliphatic heterocycles. The minimum atomic E-state index is -0.192. The number of anilines is 1. The van der Waals surface area contributed by atoms with E-state index in [0.29, 0.717) is 16.9 Å². The molecule has 2 aromatic heterocycles. The predicted molar refractivity (Wildman–Crippen MR) is 70.2 cm³/mol. The number of hydrogen-bond acceptors (Lipinski definition) is 6. The zero-order chi connectivity index (χ0) is 13.4. The third kappa shape index (κ3) is 2.35. The molecule has 1 aliphatic carbocycles. The monoisotopic (exact) mass is 278 g/mol. The summed E-state index contributed by atoms with van der Waals surface area (Å²) < 4.78 is 1.67. The maximum absolute atomic E-state index is 12.2. The van der Waals surface area contributed by atoms with Gasteiger partial charge in [0, 0.05) is 0 Å². The molecular formula is C11H14N6OS. The number of thiazole rings is 1. The summed E-state index contributed by atoms with van der Waals surface area (Å²) in [5.41, 5.74) is 2.50. The lowest BCUT2D eigenvalue weighted by atomic mass is 10.1. The smallest absolute Gasteiger partial charge is 0.270 e. The lowest BCUT2D eigenvalue weighted by Gasteiger charge is -2.06. The Morgan fingerprint density at radius 2 is 2.32 bits per heavy atom. The maximum Gasteiger partial charge on any atom is 0.270 e. The predicted octanol–water partition coefficient (Wildman–Crippen LogP) is 1.84. The second-order valence-electron chi connectivity index (χ2n) is 4.85. The fourth-order valence-corrected chi connectivity index (χ4v) is 2.67. The molecule has 0 spiro atoms. The first-order valence-electron chi connectivity index (χ1n) is 6.19. The van der Waals surface area contributed by atoms with Crippen molar-refractivity contribution in [2.24, 2.45) is 0 Å². The first kappa shape index (κ1) is 12.2. The molecule has 0 saturated heterocycles. The average Bonchev–Trinajstić information content (AvgIpc) is 2.92. The van der Waals surface area contributed by atoms with Gasteiger partial charge in [-0.1, -0.05) is 18.9 Å². The summed E-state index contributed by atoms with van der Waals surface area (Å²) in [4.78, 5) is 17.1. The highest BCUT2D eigenvalue weighted by Crippen LogP contribution is 2.35. The average molecular weight is 278 g/mol. The second kappa shape index (κ2) is 4.69. The quantitative estimate of drug-likeness (QED) is 0.922. The van der Waals surface area contributed by atoms with Crippen molar-refractivity contribution in [1.82, 2.24) is 25.2 Å². The standard InChI is InChI=1S/C11H14N6OS/c1-6(2)8-9(19-5-12-8)10(18)13-11-14-15-16-17(11)7-3-4-7/h5-7H,3-4H2,1-2H3,(H,13,14,16,18). The van der Waals surface area contributed by atoms with E-state index in [-0.39, 0.29) is 11.8 Å². The molecule has 19 heavy (non-hydrogen) atoms. The lowest BCUT2D eigenvalue weighted by molar-refractivity contribution is 0.102. The van der Waals surface area contributed by atoms with Crippen LogP contribution >= 0.6 is 11.3 Å². The second-order valence-corrected chi connectivity index (χ2v) is 5.71. The molecule has 1 aliphatic rings. The van der Waals surface area contributed by atoms with Crippen molar-refractivity contribution >= 4 is 23.2 Å². The third-order valence-electron chi connectivity index (χ3n) is 2.96. The van der Waals surface area contributed by atoms with Crippen molar-refractivity contribution in [3.8, 4) is 0 Å². The molecule has 2 aromatic rings. The van der Waals surface area contributed by atoms with Crippen LogP contribution in [0.4, 0.5) is 5.95 Å². The van der Waals surface area contributed by atoms with Gasteiger partial charge in [-0.3, -0.25) is 10.1 Å². The van der Waals surface area contributed by atoms with E-state index in [1.54, 1.807) is 10.2 Å². The number of aromatic nitrogens is 5. The van der Waals surface area contributed by atoms with Crippen LogP contribution in [0, 0.1) is 0 Å². The summed E-state index contributed by atoms with van der Waals surface area (Å²) >= 11 is 1.34. The maximum atomic E-state index is 12.2. The zero-order valence-electron chi connectivity index (χ0n) is 10.7. The van der Waals surface area contributed by atoms with E-state index in [2.05, 4.69) is 25.8 Å². The molecule has 0 aromatic carbocycles. The molecule has 100 valence electrons. The van der Waals surface area contributed by atoms with E-state index in [1.165, 1.54) is 11.3 Å². The molecule has 7 nitrogen and oxygen atoms in total. The summed E-state index contributed by atoms with van der Waals surface area (Å²) in [6.45, 7) is 4.03. The normalized spacial score (nSPS) is 14.9. The fourth-order valence-electron chi connectivity index (χ4n) is 1.84. The van der Waals surface area contributed by atoms with E-state index < -0.39 is 0 Å². The number of nitrogens with one attached hydrogen (secondary N) is 1. The van der Waals surface area contributed by atoms with E-state index in [0.717, 1.165) is 18.5 Å². The number of carbonyl (C=O) groups excluding carboxylic acids is 1. The highest BCUT2D eigenvalue weighted by atomic mass is 32.1. The fraction of sp³-hybridized carbons (Fsp3) is 0.545. The van der Waals surface area contributed by atoms with Crippen LogP contribution in [0.2, 0.25) is 0 Å². The topological polar surface area (TPSA) is 85.6 Å². The summed E-state index contributed by atoms with van der Waals surface area (Å²) in [5.74, 6) is 0.435. The van der Waals surface area contributed by atoms with Gasteiger partial charge in [0.25, 0.3) is 5.91 Å². The van der Waals surface area contributed by atoms with Crippen molar-refractivity contribution in [3.63, 3.8) is 0 Å². The Bertz CT molecular complexity index is 600. The number of carbonyl (C=O) groups is 1. The van der Waals surface area contributed by atoms with Crippen molar-refractivity contribution in [3.05, 3.63) is 16.1 Å². The molecule has 2 heterocycles. The van der Waals surface area contributed by atoms with Crippen LogP contribution in [-0.4, -0.2) is 31.1 Å². The molecule has 3 rings (SSSR count). The van der Waals surface area contributed by atoms with Gasteiger partial charge in [0.1, 0.15) is 4.88 Å². The highest BCUT2D eigenvalue weighted by Gasteiger charge is 2.29. The molecule has 1 amide bonds. The summed E-state index contributed by atoms with van der Waals surface area (Å²) in [6, 6.07) is 0.330.